The Bertz CT molecular complexity index is 1090. The molecule has 1 N–H and O–H groups in total. The van der Waals surface area contributed by atoms with Gasteiger partial charge in [-0.15, -0.1) is 11.3 Å². The van der Waals surface area contributed by atoms with Crippen molar-refractivity contribution in [1.82, 2.24) is 9.97 Å². The molecule has 0 atom stereocenters. The van der Waals surface area contributed by atoms with Gasteiger partial charge in [0.2, 0.25) is 5.91 Å². The zero-order valence-electron chi connectivity index (χ0n) is 17.3. The van der Waals surface area contributed by atoms with Gasteiger partial charge in [-0.05, 0) is 50.5 Å². The summed E-state index contributed by atoms with van der Waals surface area (Å²) in [5.41, 5.74) is 4.24. The predicted molar refractivity (Wildman–Crippen MR) is 126 cm³/mol. The maximum absolute atomic E-state index is 12.9. The van der Waals surface area contributed by atoms with Gasteiger partial charge >= 0.3 is 0 Å². The van der Waals surface area contributed by atoms with Crippen molar-refractivity contribution in [2.75, 3.05) is 23.3 Å². The third-order valence-electron chi connectivity index (χ3n) is 5.61. The summed E-state index contributed by atoms with van der Waals surface area (Å²) in [4.78, 5) is 25.1. The fraction of sp³-hybridized carbons (Fsp3) is 0.292. The summed E-state index contributed by atoms with van der Waals surface area (Å²) >= 11 is 1.78. The molecule has 0 unspecified atom stereocenters. The average Bonchev–Trinajstić information content (AvgIpc) is 3.14. The molecular formula is C24H26N4OS. The lowest BCUT2D eigenvalue weighted by atomic mass is 9.95. The van der Waals surface area contributed by atoms with E-state index in [-0.39, 0.29) is 11.8 Å². The number of amides is 1. The largest absolute Gasteiger partial charge is 0.371 e. The third-order valence-corrected chi connectivity index (χ3v) is 6.65. The Morgan fingerprint density at radius 3 is 2.87 bits per heavy atom. The maximum atomic E-state index is 12.9. The van der Waals surface area contributed by atoms with Crippen LogP contribution in [0.4, 0.5) is 11.4 Å². The number of fused-ring (bicyclic) bond motifs is 1. The van der Waals surface area contributed by atoms with Crippen LogP contribution in [0, 0.1) is 12.8 Å². The summed E-state index contributed by atoms with van der Waals surface area (Å²) in [6.07, 6.45) is 15.2. The number of piperidine rings is 1. The van der Waals surface area contributed by atoms with Gasteiger partial charge in [-0.2, -0.15) is 0 Å². The van der Waals surface area contributed by atoms with E-state index in [1.54, 1.807) is 29.9 Å². The lowest BCUT2D eigenvalue weighted by Gasteiger charge is -2.33. The minimum atomic E-state index is 0.0223. The Morgan fingerprint density at radius 2 is 2.07 bits per heavy atom. The quantitative estimate of drug-likeness (QED) is 0.560. The average molecular weight is 419 g/mol. The summed E-state index contributed by atoms with van der Waals surface area (Å²) in [7, 11) is 0. The Labute approximate surface area is 181 Å². The highest BCUT2D eigenvalue weighted by molar-refractivity contribution is 7.11. The van der Waals surface area contributed by atoms with E-state index in [0.717, 1.165) is 42.5 Å². The summed E-state index contributed by atoms with van der Waals surface area (Å²) in [6.45, 7) is 5.99. The third kappa shape index (κ3) is 4.28. The lowest BCUT2D eigenvalue weighted by molar-refractivity contribution is -0.120. The number of rotatable bonds is 5. The van der Waals surface area contributed by atoms with Crippen molar-refractivity contribution < 1.29 is 4.79 Å². The van der Waals surface area contributed by atoms with Crippen LogP contribution in [0.5, 0.6) is 0 Å². The molecule has 6 heteroatoms. The Balaban J connectivity index is 1.39. The van der Waals surface area contributed by atoms with Gasteiger partial charge in [-0.25, -0.2) is 0 Å². The summed E-state index contributed by atoms with van der Waals surface area (Å²) < 4.78 is 0. The zero-order valence-corrected chi connectivity index (χ0v) is 18.2. The van der Waals surface area contributed by atoms with Gasteiger partial charge in [-0.3, -0.25) is 14.8 Å². The molecular weight excluding hydrogens is 392 g/mol. The van der Waals surface area contributed by atoms with Gasteiger partial charge in [-0.1, -0.05) is 18.2 Å². The van der Waals surface area contributed by atoms with Crippen LogP contribution < -0.4 is 10.2 Å². The van der Waals surface area contributed by atoms with E-state index in [0.29, 0.717) is 0 Å². The number of pyridine rings is 2. The van der Waals surface area contributed by atoms with E-state index in [4.69, 9.17) is 0 Å². The Hall–Kier alpha value is -2.99. The number of nitrogens with one attached hydrogen (secondary N) is 1. The maximum Gasteiger partial charge on any atom is 0.227 e. The lowest BCUT2D eigenvalue weighted by Crippen LogP contribution is -2.38. The predicted octanol–water partition coefficient (Wildman–Crippen LogP) is 5.44. The molecule has 154 valence electrons. The SMILES string of the molecule is C/C=C\C=C/c1scc(N2CCC(C(=O)Nc3ccnc4ccncc34)CC2)c1C. The summed E-state index contributed by atoms with van der Waals surface area (Å²) in [5.74, 6) is 0.108. The van der Waals surface area contributed by atoms with Gasteiger partial charge < -0.3 is 10.2 Å². The first kappa shape index (κ1) is 20.3. The molecule has 1 saturated heterocycles. The normalized spacial score (nSPS) is 15.5. The fourth-order valence-corrected chi connectivity index (χ4v) is 4.87. The first-order chi connectivity index (χ1) is 14.7. The Morgan fingerprint density at radius 1 is 1.23 bits per heavy atom. The highest BCUT2D eigenvalue weighted by atomic mass is 32.1. The van der Waals surface area contributed by atoms with Crippen LogP contribution in [0.3, 0.4) is 0 Å². The topological polar surface area (TPSA) is 58.1 Å². The van der Waals surface area contributed by atoms with Gasteiger partial charge in [0.05, 0.1) is 16.9 Å². The van der Waals surface area contributed by atoms with Crippen molar-refractivity contribution in [3.8, 4) is 0 Å². The van der Waals surface area contributed by atoms with Crippen LogP contribution in [0.1, 0.15) is 30.2 Å². The highest BCUT2D eigenvalue weighted by Gasteiger charge is 2.26. The number of thiophene rings is 1. The van der Waals surface area contributed by atoms with Crippen LogP contribution in [-0.2, 0) is 4.79 Å². The molecule has 0 aromatic carbocycles. The Kier molecular flexibility index (Phi) is 6.23. The van der Waals surface area contributed by atoms with Crippen molar-refractivity contribution >= 4 is 45.6 Å². The number of aromatic nitrogens is 2. The van der Waals surface area contributed by atoms with Crippen molar-refractivity contribution in [3.05, 3.63) is 64.8 Å². The number of hydrogen-bond donors (Lipinski definition) is 1. The monoisotopic (exact) mass is 418 g/mol. The molecule has 0 aliphatic carbocycles. The first-order valence-electron chi connectivity index (χ1n) is 10.3. The molecule has 5 nitrogen and oxygen atoms in total. The van der Waals surface area contributed by atoms with Gasteiger partial charge in [0, 0.05) is 53.2 Å². The number of carbonyl (C=O) groups is 1. The standard InChI is InChI=1S/C24H26N4OS/c1-3-4-5-6-23-17(2)22(16-30-23)28-13-9-18(10-14-28)24(29)27-21-8-12-26-20-7-11-25-15-19(20)21/h3-8,11-12,15-16,18H,9-10,13-14H2,1-2H3,(H,26,27,29)/b4-3-,6-5-. The minimum absolute atomic E-state index is 0.0223. The van der Waals surface area contributed by atoms with Crippen molar-refractivity contribution in [2.45, 2.75) is 26.7 Å². The van der Waals surface area contributed by atoms with Crippen LogP contribution in [-0.4, -0.2) is 29.0 Å². The molecule has 1 aliphatic heterocycles. The summed E-state index contributed by atoms with van der Waals surface area (Å²) in [5, 5.41) is 6.21. The molecule has 0 bridgehead atoms. The highest BCUT2D eigenvalue weighted by Crippen LogP contribution is 2.33. The molecule has 0 radical (unpaired) electrons. The minimum Gasteiger partial charge on any atom is -0.371 e. The number of hydrogen-bond acceptors (Lipinski definition) is 5. The van der Waals surface area contributed by atoms with Gasteiger partial charge in [0.1, 0.15) is 0 Å². The van der Waals surface area contributed by atoms with E-state index in [1.807, 2.05) is 31.2 Å². The second-order valence-corrected chi connectivity index (χ2v) is 8.41. The molecule has 1 aliphatic rings. The molecule has 1 fully saturated rings. The number of carbonyl (C=O) groups excluding carboxylic acids is 1. The zero-order chi connectivity index (χ0) is 20.9. The molecule has 0 saturated carbocycles. The number of anilines is 2. The van der Waals surface area contributed by atoms with Crippen molar-refractivity contribution in [2.24, 2.45) is 5.92 Å². The molecule has 1 amide bonds. The van der Waals surface area contributed by atoms with Gasteiger partial charge in [0.15, 0.2) is 0 Å². The molecule has 4 heterocycles. The second-order valence-electron chi connectivity index (χ2n) is 7.50. The second kappa shape index (κ2) is 9.22. The van der Waals surface area contributed by atoms with Crippen LogP contribution in [0.15, 0.2) is 54.3 Å². The summed E-state index contributed by atoms with van der Waals surface area (Å²) in [6, 6.07) is 3.70. The smallest absolute Gasteiger partial charge is 0.227 e. The van der Waals surface area contributed by atoms with Crippen LogP contribution in [0.25, 0.3) is 17.0 Å². The van der Waals surface area contributed by atoms with E-state index < -0.39 is 0 Å². The number of nitrogens with zero attached hydrogens (tertiary/aromatic N) is 3. The molecule has 4 rings (SSSR count). The van der Waals surface area contributed by atoms with Crippen LogP contribution in [0.2, 0.25) is 0 Å². The molecule has 0 spiro atoms. The van der Waals surface area contributed by atoms with E-state index in [2.05, 4.69) is 44.6 Å². The number of allylic oxidation sites excluding steroid dienone is 3. The van der Waals surface area contributed by atoms with E-state index >= 15 is 0 Å². The fourth-order valence-electron chi connectivity index (χ4n) is 3.87. The van der Waals surface area contributed by atoms with Crippen LogP contribution >= 0.6 is 11.3 Å². The molecule has 3 aromatic heterocycles. The van der Waals surface area contributed by atoms with E-state index in [1.165, 1.54) is 16.1 Å². The first-order valence-corrected chi connectivity index (χ1v) is 11.2. The van der Waals surface area contributed by atoms with E-state index in [9.17, 15) is 4.79 Å². The molecule has 30 heavy (non-hydrogen) atoms. The van der Waals surface area contributed by atoms with Crippen molar-refractivity contribution in [3.63, 3.8) is 0 Å². The molecule has 3 aromatic rings. The van der Waals surface area contributed by atoms with Gasteiger partial charge in [0.25, 0.3) is 0 Å². The van der Waals surface area contributed by atoms with Crippen molar-refractivity contribution in [1.29, 1.82) is 0 Å².